The Kier molecular flexibility index (Phi) is 6.72. The lowest BCUT2D eigenvalue weighted by Gasteiger charge is -2.43. The van der Waals surface area contributed by atoms with E-state index in [9.17, 15) is 4.79 Å². The lowest BCUT2D eigenvalue weighted by atomic mass is 9.81. The maximum absolute atomic E-state index is 13.1. The second-order valence-corrected chi connectivity index (χ2v) is 7.04. The number of nitrogens with one attached hydrogen (secondary N) is 2. The number of esters is 1. The average molecular weight is 408 g/mol. The van der Waals surface area contributed by atoms with Gasteiger partial charge in [0, 0.05) is 13.3 Å². The second-order valence-electron chi connectivity index (χ2n) is 7.04. The van der Waals surface area contributed by atoms with Crippen LogP contribution in [0.25, 0.3) is 0 Å². The molecular weight excluding hydrogens is 380 g/mol. The van der Waals surface area contributed by atoms with Gasteiger partial charge < -0.3 is 19.5 Å². The summed E-state index contributed by atoms with van der Waals surface area (Å²) in [6, 6.07) is 19.1. The molecule has 0 radical (unpaired) electrons. The third-order valence-corrected chi connectivity index (χ3v) is 5.28. The van der Waals surface area contributed by atoms with Gasteiger partial charge >= 0.3 is 5.97 Å². The van der Waals surface area contributed by atoms with Gasteiger partial charge in [0.2, 0.25) is 5.85 Å². The Morgan fingerprint density at radius 3 is 2.00 bits per heavy atom. The molecule has 0 amide bonds. The van der Waals surface area contributed by atoms with E-state index in [1.807, 2.05) is 85.9 Å². The number of dihydropyridines is 1. The summed E-state index contributed by atoms with van der Waals surface area (Å²) in [4.78, 5) is 13.1. The van der Waals surface area contributed by atoms with Crippen LogP contribution >= 0.6 is 0 Å². The van der Waals surface area contributed by atoms with E-state index in [0.717, 1.165) is 16.7 Å². The molecule has 30 heavy (non-hydrogen) atoms. The lowest BCUT2D eigenvalue weighted by Crippen LogP contribution is -2.62. The summed E-state index contributed by atoms with van der Waals surface area (Å²) >= 11 is 0. The molecule has 1 aliphatic heterocycles. The summed E-state index contributed by atoms with van der Waals surface area (Å²) in [6.45, 7) is 1.97. The number of benzene rings is 2. The van der Waals surface area contributed by atoms with Gasteiger partial charge in [0.05, 0.1) is 7.11 Å². The number of allylic oxidation sites excluding steroid dienone is 2. The van der Waals surface area contributed by atoms with Crippen LogP contribution in [0.1, 0.15) is 18.1 Å². The Labute approximate surface area is 177 Å². The quantitative estimate of drug-likeness (QED) is 0.517. The van der Waals surface area contributed by atoms with Crippen molar-refractivity contribution < 1.29 is 19.0 Å². The van der Waals surface area contributed by atoms with E-state index in [2.05, 4.69) is 10.6 Å². The van der Waals surface area contributed by atoms with Gasteiger partial charge in [-0.3, -0.25) is 5.32 Å². The second kappa shape index (κ2) is 9.26. The predicted octanol–water partition coefficient (Wildman–Crippen LogP) is 3.07. The molecule has 0 aliphatic carbocycles. The van der Waals surface area contributed by atoms with E-state index in [-0.39, 0.29) is 0 Å². The first-order valence-electron chi connectivity index (χ1n) is 9.76. The van der Waals surface area contributed by atoms with Crippen molar-refractivity contribution in [3.63, 3.8) is 0 Å². The Balaban J connectivity index is 2.19. The van der Waals surface area contributed by atoms with Crippen molar-refractivity contribution in [1.82, 2.24) is 10.6 Å². The Morgan fingerprint density at radius 2 is 1.60 bits per heavy atom. The van der Waals surface area contributed by atoms with Gasteiger partial charge in [-0.05, 0) is 36.7 Å². The zero-order valence-corrected chi connectivity index (χ0v) is 17.7. The largest absolute Gasteiger partial charge is 0.467 e. The van der Waals surface area contributed by atoms with Crippen LogP contribution in [0.2, 0.25) is 0 Å². The van der Waals surface area contributed by atoms with Crippen LogP contribution in [0.5, 0.6) is 0 Å². The van der Waals surface area contributed by atoms with E-state index < -0.39 is 23.5 Å². The number of rotatable bonds is 8. The van der Waals surface area contributed by atoms with Crippen LogP contribution in [0.4, 0.5) is 0 Å². The number of carbonyl (C=O) groups excluding carboxylic acids is 1. The van der Waals surface area contributed by atoms with Crippen LogP contribution in [-0.4, -0.2) is 39.2 Å². The fourth-order valence-corrected chi connectivity index (χ4v) is 3.63. The van der Waals surface area contributed by atoms with Gasteiger partial charge in [0.25, 0.3) is 0 Å². The molecule has 6 heteroatoms. The molecule has 3 rings (SSSR count). The number of ether oxygens (including phenoxy) is 3. The Hall–Kier alpha value is -2.93. The van der Waals surface area contributed by atoms with Crippen molar-refractivity contribution in [2.75, 3.05) is 21.3 Å². The van der Waals surface area contributed by atoms with E-state index in [1.165, 1.54) is 7.11 Å². The maximum atomic E-state index is 13.1. The monoisotopic (exact) mass is 408 g/mol. The van der Waals surface area contributed by atoms with E-state index in [4.69, 9.17) is 14.2 Å². The first-order chi connectivity index (χ1) is 14.5. The average Bonchev–Trinajstić information content (AvgIpc) is 2.81. The molecule has 1 aliphatic rings. The summed E-state index contributed by atoms with van der Waals surface area (Å²) in [7, 11) is 4.66. The molecule has 0 fully saturated rings. The maximum Gasteiger partial charge on any atom is 0.338 e. The molecule has 2 atom stereocenters. The molecule has 2 N–H and O–H groups in total. The number of methoxy groups -OCH3 is 2. The highest BCUT2D eigenvalue weighted by Gasteiger charge is 2.51. The van der Waals surface area contributed by atoms with Gasteiger partial charge in [0.15, 0.2) is 11.7 Å². The molecule has 2 aromatic carbocycles. The van der Waals surface area contributed by atoms with E-state index >= 15 is 0 Å². The van der Waals surface area contributed by atoms with Gasteiger partial charge in [-0.2, -0.15) is 0 Å². The van der Waals surface area contributed by atoms with Gasteiger partial charge in [-0.25, -0.2) is 4.79 Å². The first kappa shape index (κ1) is 21.8. The summed E-state index contributed by atoms with van der Waals surface area (Å²) in [5.41, 5.74) is 1.33. The zero-order valence-electron chi connectivity index (χ0n) is 17.7. The first-order valence-corrected chi connectivity index (χ1v) is 9.76. The minimum atomic E-state index is -1.24. The van der Waals surface area contributed by atoms with Gasteiger partial charge in [-0.15, -0.1) is 0 Å². The fraction of sp³-hybridized carbons (Fsp3) is 0.292. The molecule has 1 heterocycles. The van der Waals surface area contributed by atoms with E-state index in [1.54, 1.807) is 14.2 Å². The van der Waals surface area contributed by atoms with Crippen molar-refractivity contribution in [3.05, 3.63) is 95.7 Å². The molecule has 0 saturated carbocycles. The lowest BCUT2D eigenvalue weighted by molar-refractivity contribution is -0.201. The van der Waals surface area contributed by atoms with Crippen LogP contribution < -0.4 is 10.6 Å². The highest BCUT2D eigenvalue weighted by molar-refractivity contribution is 5.78. The standard InChI is InChI=1S/C24H28N2O4/c1-18-15-16-23(25-2,26-17-18)30-21(22(27)28-3)24(29-4,19-11-7-5-8-12-19)20-13-9-6-10-14-20/h5-17,21,25-26H,1-4H3. The number of hydrogen-bond acceptors (Lipinski definition) is 6. The fourth-order valence-electron chi connectivity index (χ4n) is 3.63. The topological polar surface area (TPSA) is 68.8 Å². The summed E-state index contributed by atoms with van der Waals surface area (Å²) in [5, 5.41) is 6.31. The number of likely N-dealkylation sites (N-methyl/N-ethyl adjacent to an activating group) is 1. The third kappa shape index (κ3) is 4.03. The summed E-state index contributed by atoms with van der Waals surface area (Å²) < 4.78 is 17.7. The van der Waals surface area contributed by atoms with Crippen LogP contribution in [-0.2, 0) is 24.6 Å². The zero-order chi connectivity index (χ0) is 21.6. The van der Waals surface area contributed by atoms with E-state index in [0.29, 0.717) is 0 Å². The van der Waals surface area contributed by atoms with Gasteiger partial charge in [-0.1, -0.05) is 66.7 Å². The number of hydrogen-bond donors (Lipinski definition) is 2. The SMILES string of the molecule is CNC1(OC(C(=O)OC)C(OC)(c2ccccc2)c2ccccc2)C=CC(C)=CN1. The minimum Gasteiger partial charge on any atom is -0.467 e. The third-order valence-electron chi connectivity index (χ3n) is 5.28. The molecule has 0 saturated heterocycles. The summed E-state index contributed by atoms with van der Waals surface area (Å²) in [6.07, 6.45) is 4.44. The smallest absolute Gasteiger partial charge is 0.338 e. The molecule has 2 unspecified atom stereocenters. The van der Waals surface area contributed by atoms with Crippen LogP contribution in [0.15, 0.2) is 84.6 Å². The molecule has 0 spiro atoms. The molecule has 6 nitrogen and oxygen atoms in total. The highest BCUT2D eigenvalue weighted by Crippen LogP contribution is 2.40. The van der Waals surface area contributed by atoms with Crippen molar-refractivity contribution in [2.45, 2.75) is 24.5 Å². The normalized spacial score (nSPS) is 19.5. The molecule has 158 valence electrons. The molecular formula is C24H28N2O4. The van der Waals surface area contributed by atoms with Crippen LogP contribution in [0.3, 0.4) is 0 Å². The molecule has 2 aromatic rings. The van der Waals surface area contributed by atoms with Crippen molar-refractivity contribution in [2.24, 2.45) is 0 Å². The van der Waals surface area contributed by atoms with Gasteiger partial charge in [0.1, 0.15) is 0 Å². The van der Waals surface area contributed by atoms with Crippen molar-refractivity contribution in [1.29, 1.82) is 0 Å². The van der Waals surface area contributed by atoms with Crippen molar-refractivity contribution >= 4 is 5.97 Å². The molecule has 0 aromatic heterocycles. The minimum absolute atomic E-state index is 0.555. The Bertz CT molecular complexity index is 872. The highest BCUT2D eigenvalue weighted by atomic mass is 16.6. The van der Waals surface area contributed by atoms with Crippen LogP contribution in [0, 0.1) is 0 Å². The molecule has 0 bridgehead atoms. The predicted molar refractivity (Wildman–Crippen MR) is 115 cm³/mol. The Morgan fingerprint density at radius 1 is 1.03 bits per heavy atom. The van der Waals surface area contributed by atoms with Crippen molar-refractivity contribution in [3.8, 4) is 0 Å². The number of carbonyl (C=O) groups is 1. The summed E-state index contributed by atoms with van der Waals surface area (Å²) in [5.74, 6) is -1.67.